The molecule has 1 aromatic carbocycles. The van der Waals surface area contributed by atoms with E-state index in [0.29, 0.717) is 31.9 Å². The number of carbonyl (C=O) groups is 1. The summed E-state index contributed by atoms with van der Waals surface area (Å²) in [6.45, 7) is 5.73. The van der Waals surface area contributed by atoms with Crippen LogP contribution in [0.2, 0.25) is 0 Å². The van der Waals surface area contributed by atoms with Crippen molar-refractivity contribution in [2.75, 3.05) is 19.8 Å². The van der Waals surface area contributed by atoms with Gasteiger partial charge in [-0.1, -0.05) is 12.1 Å². The number of aryl methyl sites for hydroxylation is 2. The molecule has 2 heterocycles. The first-order valence-corrected chi connectivity index (χ1v) is 8.15. The van der Waals surface area contributed by atoms with E-state index in [1.54, 1.807) is 28.6 Å². The Bertz CT molecular complexity index is 736. The highest BCUT2D eigenvalue weighted by atomic mass is 19.1. The van der Waals surface area contributed by atoms with Gasteiger partial charge in [0.2, 0.25) is 0 Å². The molecule has 0 N–H and O–H groups in total. The van der Waals surface area contributed by atoms with Gasteiger partial charge in [-0.15, -0.1) is 0 Å². The van der Waals surface area contributed by atoms with E-state index in [-0.39, 0.29) is 17.4 Å². The van der Waals surface area contributed by atoms with Gasteiger partial charge in [-0.2, -0.15) is 5.10 Å². The Balaban J connectivity index is 1.91. The van der Waals surface area contributed by atoms with E-state index in [9.17, 15) is 9.18 Å². The molecule has 24 heavy (non-hydrogen) atoms. The summed E-state index contributed by atoms with van der Waals surface area (Å²) in [7, 11) is 1.86. The van der Waals surface area contributed by atoms with Gasteiger partial charge in [0.25, 0.3) is 5.91 Å². The average Bonchev–Trinajstić information content (AvgIpc) is 2.92. The maximum atomic E-state index is 14.2. The summed E-state index contributed by atoms with van der Waals surface area (Å²) in [6, 6.07) is 4.71. The predicted octanol–water partition coefficient (Wildman–Crippen LogP) is 2.64. The largest absolute Gasteiger partial charge is 0.381 e. The van der Waals surface area contributed by atoms with Gasteiger partial charge in [-0.3, -0.25) is 9.48 Å². The average molecular weight is 331 g/mol. The topological polar surface area (TPSA) is 47.4 Å². The van der Waals surface area contributed by atoms with Crippen LogP contribution in [0.5, 0.6) is 0 Å². The number of carbonyl (C=O) groups excluding carboxylic acids is 1. The van der Waals surface area contributed by atoms with Crippen molar-refractivity contribution in [3.8, 4) is 0 Å². The van der Waals surface area contributed by atoms with Gasteiger partial charge in [0.1, 0.15) is 5.82 Å². The Labute approximate surface area is 141 Å². The van der Waals surface area contributed by atoms with Crippen molar-refractivity contribution >= 4 is 5.91 Å². The van der Waals surface area contributed by atoms with E-state index < -0.39 is 5.82 Å². The maximum Gasteiger partial charge on any atom is 0.257 e. The Morgan fingerprint density at radius 3 is 2.96 bits per heavy atom. The number of nitrogens with zero attached hydrogens (tertiary/aromatic N) is 3. The van der Waals surface area contributed by atoms with Crippen LogP contribution in [-0.2, 0) is 18.3 Å². The third kappa shape index (κ3) is 3.06. The fraction of sp³-hybridized carbons (Fsp3) is 0.444. The number of halogens is 1. The van der Waals surface area contributed by atoms with Crippen LogP contribution in [0.4, 0.5) is 4.39 Å². The summed E-state index contributed by atoms with van der Waals surface area (Å²) in [6.07, 6.45) is 1.92. The minimum atomic E-state index is -0.474. The fourth-order valence-corrected chi connectivity index (χ4v) is 3.25. The normalized spacial score (nSPS) is 17.0. The number of rotatable bonds is 4. The van der Waals surface area contributed by atoms with Crippen LogP contribution in [0, 0.1) is 12.7 Å². The molecule has 0 bridgehead atoms. The molecule has 1 unspecified atom stereocenters. The molecule has 2 aromatic rings. The highest BCUT2D eigenvalue weighted by Crippen LogP contribution is 2.29. The third-order valence-electron chi connectivity index (χ3n) is 4.37. The molecule has 0 radical (unpaired) electrons. The maximum absolute atomic E-state index is 14.2. The molecular weight excluding hydrogens is 309 g/mol. The highest BCUT2D eigenvalue weighted by Gasteiger charge is 2.32. The molecule has 1 aliphatic heterocycles. The number of aromatic nitrogens is 2. The molecule has 1 aliphatic rings. The number of hydrogen-bond acceptors (Lipinski definition) is 3. The summed E-state index contributed by atoms with van der Waals surface area (Å²) in [4.78, 5) is 14.6. The molecule has 6 heteroatoms. The van der Waals surface area contributed by atoms with E-state index in [1.807, 2.05) is 20.2 Å². The fourth-order valence-electron chi connectivity index (χ4n) is 3.25. The molecule has 0 fully saturated rings. The quantitative estimate of drug-likeness (QED) is 0.865. The van der Waals surface area contributed by atoms with Gasteiger partial charge < -0.3 is 9.64 Å². The van der Waals surface area contributed by atoms with E-state index in [1.165, 1.54) is 6.07 Å². The van der Waals surface area contributed by atoms with Crippen LogP contribution in [0.1, 0.15) is 40.0 Å². The number of ether oxygens (including phenoxy) is 1. The van der Waals surface area contributed by atoms with Gasteiger partial charge in [0.15, 0.2) is 0 Å². The molecule has 0 saturated carbocycles. The molecule has 5 nitrogen and oxygen atoms in total. The van der Waals surface area contributed by atoms with Crippen molar-refractivity contribution in [1.29, 1.82) is 0 Å². The molecule has 1 aromatic heterocycles. The van der Waals surface area contributed by atoms with E-state index >= 15 is 0 Å². The summed E-state index contributed by atoms with van der Waals surface area (Å²) in [5.41, 5.74) is 2.77. The van der Waals surface area contributed by atoms with Crippen molar-refractivity contribution in [1.82, 2.24) is 14.7 Å². The van der Waals surface area contributed by atoms with E-state index in [0.717, 1.165) is 11.3 Å². The van der Waals surface area contributed by atoms with Gasteiger partial charge in [-0.25, -0.2) is 4.39 Å². The van der Waals surface area contributed by atoms with Gasteiger partial charge in [0.05, 0.1) is 17.9 Å². The Morgan fingerprint density at radius 2 is 2.25 bits per heavy atom. The second-order valence-electron chi connectivity index (χ2n) is 6.19. The molecular formula is C18H22FN3O2. The summed E-state index contributed by atoms with van der Waals surface area (Å²) in [5, 5.41) is 4.51. The van der Waals surface area contributed by atoms with Gasteiger partial charge in [0, 0.05) is 44.4 Å². The molecule has 1 amide bonds. The van der Waals surface area contributed by atoms with Crippen molar-refractivity contribution < 1.29 is 13.9 Å². The summed E-state index contributed by atoms with van der Waals surface area (Å²) >= 11 is 0. The van der Waals surface area contributed by atoms with Crippen LogP contribution in [0.15, 0.2) is 24.4 Å². The lowest BCUT2D eigenvalue weighted by molar-refractivity contribution is 0.0647. The Hall–Kier alpha value is -2.21. The zero-order chi connectivity index (χ0) is 17.3. The molecule has 0 saturated heterocycles. The molecule has 3 rings (SSSR count). The minimum absolute atomic E-state index is 0.00549. The third-order valence-corrected chi connectivity index (χ3v) is 4.37. The van der Waals surface area contributed by atoms with Crippen LogP contribution < -0.4 is 0 Å². The lowest BCUT2D eigenvalue weighted by Crippen LogP contribution is -2.40. The van der Waals surface area contributed by atoms with Crippen LogP contribution in [0.25, 0.3) is 0 Å². The van der Waals surface area contributed by atoms with Gasteiger partial charge in [-0.05, 0) is 25.5 Å². The first kappa shape index (κ1) is 16.6. The summed E-state index contributed by atoms with van der Waals surface area (Å²) in [5.74, 6) is -0.745. The predicted molar refractivity (Wildman–Crippen MR) is 88.3 cm³/mol. The number of benzene rings is 1. The Morgan fingerprint density at radius 1 is 1.46 bits per heavy atom. The monoisotopic (exact) mass is 331 g/mol. The summed E-state index contributed by atoms with van der Waals surface area (Å²) < 4.78 is 21.5. The van der Waals surface area contributed by atoms with Crippen molar-refractivity contribution in [2.45, 2.75) is 26.3 Å². The molecule has 1 atom stereocenters. The second kappa shape index (κ2) is 6.73. The van der Waals surface area contributed by atoms with Crippen molar-refractivity contribution in [3.05, 3.63) is 52.6 Å². The minimum Gasteiger partial charge on any atom is -0.381 e. The second-order valence-corrected chi connectivity index (χ2v) is 6.19. The van der Waals surface area contributed by atoms with Crippen LogP contribution in [-0.4, -0.2) is 40.3 Å². The highest BCUT2D eigenvalue weighted by molar-refractivity contribution is 5.96. The lowest BCUT2D eigenvalue weighted by Gasteiger charge is -2.32. The Kier molecular flexibility index (Phi) is 4.66. The van der Waals surface area contributed by atoms with Crippen molar-refractivity contribution in [3.63, 3.8) is 0 Å². The molecule has 0 spiro atoms. The number of fused-ring (bicyclic) bond motifs is 1. The zero-order valence-electron chi connectivity index (χ0n) is 14.3. The molecule has 128 valence electrons. The van der Waals surface area contributed by atoms with E-state index in [2.05, 4.69) is 5.10 Å². The smallest absolute Gasteiger partial charge is 0.257 e. The van der Waals surface area contributed by atoms with E-state index in [4.69, 9.17) is 4.74 Å². The molecule has 0 aliphatic carbocycles. The standard InChI is InChI=1S/C18H22FN3O2/c1-4-24-11-14-10-22(9-13-8-21(3)20-17(13)14)18(23)16-12(2)6-5-7-15(16)19/h5-8,14H,4,9-11H2,1-3H3. The zero-order valence-corrected chi connectivity index (χ0v) is 14.3. The first-order chi connectivity index (χ1) is 11.5. The lowest BCUT2D eigenvalue weighted by atomic mass is 9.96. The SMILES string of the molecule is CCOCC1CN(C(=O)c2c(C)cccc2F)Cc2cn(C)nc21. The number of hydrogen-bond donors (Lipinski definition) is 0. The first-order valence-electron chi connectivity index (χ1n) is 8.15. The van der Waals surface area contributed by atoms with Crippen LogP contribution >= 0.6 is 0 Å². The van der Waals surface area contributed by atoms with Crippen molar-refractivity contribution in [2.24, 2.45) is 7.05 Å². The number of amides is 1. The van der Waals surface area contributed by atoms with Gasteiger partial charge >= 0.3 is 0 Å². The van der Waals surface area contributed by atoms with Crippen LogP contribution in [0.3, 0.4) is 0 Å².